The van der Waals surface area contributed by atoms with Crippen LogP contribution in [0.2, 0.25) is 0 Å². The molecule has 54 heavy (non-hydrogen) atoms. The molecule has 270 valence electrons. The molecule has 0 amide bonds. The first-order valence-corrected chi connectivity index (χ1v) is 18.0. The van der Waals surface area contributed by atoms with Gasteiger partial charge in [-0.05, 0) is 52.6 Å². The van der Waals surface area contributed by atoms with Crippen molar-refractivity contribution in [2.45, 2.75) is 58.2 Å². The Morgan fingerprint density at radius 3 is 0.926 bits per heavy atom. The minimum atomic E-state index is 0. The summed E-state index contributed by atoms with van der Waals surface area (Å²) in [5, 5.41) is 7.58. The predicted molar refractivity (Wildman–Crippen MR) is 207 cm³/mol. The van der Waals surface area contributed by atoms with Crippen LogP contribution in [0.4, 0.5) is 0 Å². The average molecular weight is 901 g/mol. The molecule has 4 aromatic carbocycles. The van der Waals surface area contributed by atoms with Crippen LogP contribution in [0, 0.1) is 35.5 Å². The van der Waals surface area contributed by atoms with Gasteiger partial charge < -0.3 is 50.9 Å². The van der Waals surface area contributed by atoms with Crippen molar-refractivity contribution in [1.29, 1.82) is 0 Å². The quantitative estimate of drug-likeness (QED) is 0.106. The van der Waals surface area contributed by atoms with Gasteiger partial charge in [-0.15, -0.1) is 0 Å². The smallest absolute Gasteiger partial charge is 0.176 e. The van der Waals surface area contributed by atoms with Gasteiger partial charge in [-0.1, -0.05) is 90.1 Å². The number of fused-ring (bicyclic) bond motifs is 3. The molecule has 3 heterocycles. The molecule has 0 aliphatic heterocycles. The first-order chi connectivity index (χ1) is 25.2. The van der Waals surface area contributed by atoms with E-state index in [4.69, 9.17) is 0 Å². The lowest BCUT2D eigenvalue weighted by atomic mass is 10.1. The normalized spacial score (nSPS) is 10.0. The Morgan fingerprint density at radius 1 is 0.352 bits per heavy atom. The molecule has 0 fully saturated rings. The van der Waals surface area contributed by atoms with Crippen LogP contribution in [0.5, 0.6) is 0 Å². The third-order valence-corrected chi connectivity index (χ3v) is 9.02. The molecule has 0 N–H and O–H groups in total. The Labute approximate surface area is 351 Å². The maximum Gasteiger partial charge on any atom is 0.176 e. The van der Waals surface area contributed by atoms with Crippen LogP contribution < -0.4 is 64.6 Å². The molecule has 0 spiro atoms. The van der Waals surface area contributed by atoms with Crippen LogP contribution in [-0.4, -0.2) is 0 Å². The van der Waals surface area contributed by atoms with Gasteiger partial charge in [0.05, 0.1) is 0 Å². The molecule has 7 rings (SSSR count). The molecule has 0 saturated heterocycles. The lowest BCUT2D eigenvalue weighted by Gasteiger charge is -1.99. The standard InChI is InChI=1S/C48H42N3.3BrH/c1(13-28-49-31-25-43-19-7-10-22-46(43)37-49)4-16-40-34-41(17-5-2-14-29-50-32-26-44-20-8-11-23-47(44)38-50)36-42(35-40)18-6-3-15-30-51-33-27-45-21-9-12-24-48(45)39-51;;;/h7-12,19-27,31-39H,1-3,13-15,28-30H2;3*1H/q+3;;;/p-3. The molecule has 0 aliphatic carbocycles. The first kappa shape index (κ1) is 42.0. The SMILES string of the molecule is C(#Cc1cc(C#CCCC[n+]2ccc3ccccc3c2)cc(C#CCCC[n+]2ccc3ccccc3c2)c1)CCC[n+]1ccc2ccccc2c1.[Br-].[Br-].[Br-]. The van der Waals surface area contributed by atoms with Crippen LogP contribution in [0.1, 0.15) is 55.2 Å². The number of hydrogen-bond donors (Lipinski definition) is 0. The zero-order chi connectivity index (χ0) is 34.5. The summed E-state index contributed by atoms with van der Waals surface area (Å²) < 4.78 is 6.76. The molecule has 0 atom stereocenters. The monoisotopic (exact) mass is 897 g/mol. The van der Waals surface area contributed by atoms with Gasteiger partial charge in [0.2, 0.25) is 0 Å². The van der Waals surface area contributed by atoms with Crippen molar-refractivity contribution in [2.24, 2.45) is 0 Å². The number of benzene rings is 4. The summed E-state index contributed by atoms with van der Waals surface area (Å²) in [5.74, 6) is 20.5. The summed E-state index contributed by atoms with van der Waals surface area (Å²) in [6.07, 6.45) is 18.6. The number of pyridine rings is 3. The van der Waals surface area contributed by atoms with Gasteiger partial charge in [-0.3, -0.25) is 0 Å². The van der Waals surface area contributed by atoms with Crippen LogP contribution in [0.25, 0.3) is 32.3 Å². The van der Waals surface area contributed by atoms with Crippen LogP contribution in [0.3, 0.4) is 0 Å². The highest BCUT2D eigenvalue weighted by molar-refractivity contribution is 5.81. The van der Waals surface area contributed by atoms with Gasteiger partial charge in [-0.2, -0.15) is 0 Å². The Kier molecular flexibility index (Phi) is 17.0. The first-order valence-electron chi connectivity index (χ1n) is 18.0. The van der Waals surface area contributed by atoms with E-state index in [0.29, 0.717) is 0 Å². The van der Waals surface area contributed by atoms with E-state index >= 15 is 0 Å². The summed E-state index contributed by atoms with van der Waals surface area (Å²) in [5.41, 5.74) is 2.92. The second-order valence-corrected chi connectivity index (χ2v) is 12.9. The molecular formula is C48H42Br3N3. The van der Waals surface area contributed by atoms with E-state index in [-0.39, 0.29) is 50.9 Å². The summed E-state index contributed by atoms with van der Waals surface area (Å²) >= 11 is 0. The minimum Gasteiger partial charge on any atom is -1.00 e. The number of aromatic nitrogens is 3. The van der Waals surface area contributed by atoms with Crippen LogP contribution >= 0.6 is 0 Å². The second kappa shape index (κ2) is 21.8. The van der Waals surface area contributed by atoms with E-state index < -0.39 is 0 Å². The zero-order valence-electron chi connectivity index (χ0n) is 30.2. The summed E-state index contributed by atoms with van der Waals surface area (Å²) in [4.78, 5) is 0. The van der Waals surface area contributed by atoms with Gasteiger partial charge in [0, 0.05) is 89.6 Å². The number of halogens is 3. The van der Waals surface area contributed by atoms with Crippen LogP contribution in [0.15, 0.2) is 146 Å². The van der Waals surface area contributed by atoms with Crippen molar-refractivity contribution >= 4 is 32.3 Å². The third-order valence-electron chi connectivity index (χ3n) is 9.02. The molecule has 0 bridgehead atoms. The average Bonchev–Trinajstić information content (AvgIpc) is 3.17. The van der Waals surface area contributed by atoms with E-state index in [2.05, 4.69) is 196 Å². The van der Waals surface area contributed by atoms with E-state index in [0.717, 1.165) is 74.8 Å². The fourth-order valence-electron chi connectivity index (χ4n) is 6.34. The highest BCUT2D eigenvalue weighted by Crippen LogP contribution is 2.13. The molecule has 0 radical (unpaired) electrons. The van der Waals surface area contributed by atoms with Gasteiger partial charge in [0.25, 0.3) is 0 Å². The maximum atomic E-state index is 3.42. The Bertz CT molecular complexity index is 2220. The molecule has 0 saturated carbocycles. The van der Waals surface area contributed by atoms with Gasteiger partial charge >= 0.3 is 0 Å². The predicted octanol–water partition coefficient (Wildman–Crippen LogP) is -0.484. The highest BCUT2D eigenvalue weighted by atomic mass is 79.9. The summed E-state index contributed by atoms with van der Waals surface area (Å²) in [6, 6.07) is 38.3. The fourth-order valence-corrected chi connectivity index (χ4v) is 6.34. The molecular weight excluding hydrogens is 858 g/mol. The Hall–Kier alpha value is -4.77. The molecule has 0 aliphatic rings. The fraction of sp³-hybridized carbons (Fsp3) is 0.188. The highest BCUT2D eigenvalue weighted by Gasteiger charge is 2.05. The lowest BCUT2D eigenvalue weighted by molar-refractivity contribution is -0.696. The van der Waals surface area contributed by atoms with E-state index in [1.807, 2.05) is 0 Å². The topological polar surface area (TPSA) is 11.6 Å². The number of nitrogens with zero attached hydrogens (tertiary/aromatic N) is 3. The van der Waals surface area contributed by atoms with Crippen molar-refractivity contribution in [3.63, 3.8) is 0 Å². The number of rotatable bonds is 9. The van der Waals surface area contributed by atoms with E-state index in [1.54, 1.807) is 0 Å². The number of hydrogen-bond acceptors (Lipinski definition) is 0. The number of unbranched alkanes of at least 4 members (excludes halogenated alkanes) is 3. The lowest BCUT2D eigenvalue weighted by Crippen LogP contribution is -3.00. The van der Waals surface area contributed by atoms with Gasteiger partial charge in [-0.25, -0.2) is 13.7 Å². The minimum absolute atomic E-state index is 0. The molecule has 0 unspecified atom stereocenters. The maximum absolute atomic E-state index is 3.42. The Balaban J connectivity index is 0.00000217. The molecule has 6 heteroatoms. The van der Waals surface area contributed by atoms with E-state index in [1.165, 1.54) is 32.3 Å². The molecule has 3 aromatic heterocycles. The third kappa shape index (κ3) is 12.1. The second-order valence-electron chi connectivity index (χ2n) is 12.9. The van der Waals surface area contributed by atoms with Crippen molar-refractivity contribution in [3.8, 4) is 35.5 Å². The van der Waals surface area contributed by atoms with Crippen LogP contribution in [-0.2, 0) is 19.6 Å². The molecule has 3 nitrogen and oxygen atoms in total. The van der Waals surface area contributed by atoms with Crippen molar-refractivity contribution in [3.05, 3.63) is 163 Å². The molecule has 7 aromatic rings. The van der Waals surface area contributed by atoms with Crippen molar-refractivity contribution in [1.82, 2.24) is 0 Å². The largest absolute Gasteiger partial charge is 1.00 e. The number of aryl methyl sites for hydroxylation is 3. The summed E-state index contributed by atoms with van der Waals surface area (Å²) in [6.45, 7) is 2.82. The van der Waals surface area contributed by atoms with E-state index in [9.17, 15) is 0 Å². The zero-order valence-corrected chi connectivity index (χ0v) is 35.0. The van der Waals surface area contributed by atoms with Gasteiger partial charge in [0.1, 0.15) is 19.6 Å². The van der Waals surface area contributed by atoms with Crippen molar-refractivity contribution in [2.75, 3.05) is 0 Å². The van der Waals surface area contributed by atoms with Crippen molar-refractivity contribution < 1.29 is 64.6 Å². The Morgan fingerprint density at radius 2 is 0.630 bits per heavy atom. The summed E-state index contributed by atoms with van der Waals surface area (Å²) in [7, 11) is 0. The van der Waals surface area contributed by atoms with Gasteiger partial charge in [0.15, 0.2) is 37.2 Å².